The zero-order chi connectivity index (χ0) is 15.8. The lowest BCUT2D eigenvalue weighted by Gasteiger charge is -2.07. The average Bonchev–Trinajstić information content (AvgIpc) is 2.54. The second-order valence-corrected chi connectivity index (χ2v) is 5.25. The third-order valence-corrected chi connectivity index (χ3v) is 3.29. The predicted octanol–water partition coefficient (Wildman–Crippen LogP) is 3.64. The molecule has 0 unspecified atom stereocenters. The van der Waals surface area contributed by atoms with Gasteiger partial charge in [-0.1, -0.05) is 37.5 Å². The van der Waals surface area contributed by atoms with Crippen molar-refractivity contribution in [2.75, 3.05) is 17.2 Å². The number of carbonyl (C=O) groups is 1. The first-order valence-corrected chi connectivity index (χ1v) is 7.63. The van der Waals surface area contributed by atoms with Gasteiger partial charge in [0.25, 0.3) is 5.91 Å². The van der Waals surface area contributed by atoms with Crippen LogP contribution >= 0.6 is 0 Å². The van der Waals surface area contributed by atoms with E-state index in [0.717, 1.165) is 24.2 Å². The molecule has 0 fully saturated rings. The maximum absolute atomic E-state index is 12.1. The zero-order valence-electron chi connectivity index (χ0n) is 13.1. The molecule has 1 heterocycles. The lowest BCUT2D eigenvalue weighted by atomic mass is 10.2. The molecule has 22 heavy (non-hydrogen) atoms. The molecule has 1 aromatic heterocycles. The molecule has 0 radical (unpaired) electrons. The molecule has 0 saturated carbocycles. The van der Waals surface area contributed by atoms with Crippen LogP contribution in [0.15, 0.2) is 36.7 Å². The molecule has 0 aliphatic carbocycles. The lowest BCUT2D eigenvalue weighted by Crippen LogP contribution is -2.13. The van der Waals surface area contributed by atoms with Gasteiger partial charge in [-0.2, -0.15) is 0 Å². The number of hydrogen-bond donors (Lipinski definition) is 2. The second kappa shape index (κ2) is 8.12. The molecule has 2 rings (SSSR count). The van der Waals surface area contributed by atoms with E-state index in [0.29, 0.717) is 11.5 Å². The summed E-state index contributed by atoms with van der Waals surface area (Å²) in [6, 6.07) is 7.65. The van der Waals surface area contributed by atoms with Gasteiger partial charge in [0.05, 0.1) is 5.56 Å². The van der Waals surface area contributed by atoms with Gasteiger partial charge in [-0.25, -0.2) is 9.97 Å². The molecule has 1 amide bonds. The quantitative estimate of drug-likeness (QED) is 0.766. The van der Waals surface area contributed by atoms with Crippen LogP contribution in [0.3, 0.4) is 0 Å². The topological polar surface area (TPSA) is 66.9 Å². The van der Waals surface area contributed by atoms with Gasteiger partial charge in [0, 0.05) is 24.6 Å². The van der Waals surface area contributed by atoms with E-state index in [9.17, 15) is 4.79 Å². The van der Waals surface area contributed by atoms with Crippen molar-refractivity contribution in [3.8, 4) is 0 Å². The Morgan fingerprint density at radius 2 is 1.77 bits per heavy atom. The Morgan fingerprint density at radius 3 is 2.41 bits per heavy atom. The second-order valence-electron chi connectivity index (χ2n) is 5.25. The zero-order valence-corrected chi connectivity index (χ0v) is 13.1. The highest BCUT2D eigenvalue weighted by atomic mass is 16.1. The van der Waals surface area contributed by atoms with Gasteiger partial charge in [0.15, 0.2) is 0 Å². The number of benzene rings is 1. The van der Waals surface area contributed by atoms with E-state index in [2.05, 4.69) is 27.5 Å². The summed E-state index contributed by atoms with van der Waals surface area (Å²) in [5, 5.41) is 5.97. The van der Waals surface area contributed by atoms with Crippen LogP contribution in [0.1, 0.15) is 42.1 Å². The fourth-order valence-electron chi connectivity index (χ4n) is 1.95. The molecule has 1 aromatic carbocycles. The number of nitrogens with zero attached hydrogens (tertiary/aromatic N) is 2. The van der Waals surface area contributed by atoms with Gasteiger partial charge in [0.2, 0.25) is 5.95 Å². The van der Waals surface area contributed by atoms with Gasteiger partial charge in [-0.05, 0) is 25.5 Å². The van der Waals surface area contributed by atoms with Crippen molar-refractivity contribution in [1.29, 1.82) is 0 Å². The van der Waals surface area contributed by atoms with Crippen LogP contribution in [0.5, 0.6) is 0 Å². The molecular formula is C17H22N4O. The van der Waals surface area contributed by atoms with E-state index in [1.807, 2.05) is 31.2 Å². The van der Waals surface area contributed by atoms with E-state index in [4.69, 9.17) is 0 Å². The van der Waals surface area contributed by atoms with Crippen molar-refractivity contribution < 1.29 is 4.79 Å². The Kier molecular flexibility index (Phi) is 5.89. The molecule has 0 aliphatic heterocycles. The van der Waals surface area contributed by atoms with Crippen molar-refractivity contribution >= 4 is 17.5 Å². The SMILES string of the molecule is CCCCCNc1ncc(C(=O)Nc2ccc(C)cc2)cn1. The van der Waals surface area contributed by atoms with Gasteiger partial charge >= 0.3 is 0 Å². The molecule has 0 spiro atoms. The minimum atomic E-state index is -0.207. The van der Waals surface area contributed by atoms with Crippen LogP contribution < -0.4 is 10.6 Å². The van der Waals surface area contributed by atoms with Crippen LogP contribution in [0.2, 0.25) is 0 Å². The van der Waals surface area contributed by atoms with Crippen molar-refractivity contribution in [3.63, 3.8) is 0 Å². The predicted molar refractivity (Wildman–Crippen MR) is 89.2 cm³/mol. The van der Waals surface area contributed by atoms with E-state index >= 15 is 0 Å². The van der Waals surface area contributed by atoms with Crippen molar-refractivity contribution in [1.82, 2.24) is 9.97 Å². The number of unbranched alkanes of at least 4 members (excludes halogenated alkanes) is 2. The molecule has 5 nitrogen and oxygen atoms in total. The first kappa shape index (κ1) is 15.9. The smallest absolute Gasteiger partial charge is 0.258 e. The lowest BCUT2D eigenvalue weighted by molar-refractivity contribution is 0.102. The van der Waals surface area contributed by atoms with Gasteiger partial charge < -0.3 is 10.6 Å². The molecule has 0 atom stereocenters. The highest BCUT2D eigenvalue weighted by Gasteiger charge is 2.07. The van der Waals surface area contributed by atoms with Crippen molar-refractivity contribution in [2.45, 2.75) is 33.1 Å². The Balaban J connectivity index is 1.89. The highest BCUT2D eigenvalue weighted by Crippen LogP contribution is 2.10. The molecule has 0 bridgehead atoms. The maximum Gasteiger partial charge on any atom is 0.258 e. The monoisotopic (exact) mass is 298 g/mol. The summed E-state index contributed by atoms with van der Waals surface area (Å²) in [5.74, 6) is 0.351. The van der Waals surface area contributed by atoms with E-state index < -0.39 is 0 Å². The summed E-state index contributed by atoms with van der Waals surface area (Å²) >= 11 is 0. The number of hydrogen-bond acceptors (Lipinski definition) is 4. The Morgan fingerprint density at radius 1 is 1.09 bits per heavy atom. The normalized spacial score (nSPS) is 10.3. The molecule has 5 heteroatoms. The van der Waals surface area contributed by atoms with Crippen LogP contribution in [0.4, 0.5) is 11.6 Å². The van der Waals surface area contributed by atoms with Gasteiger partial charge in [0.1, 0.15) is 0 Å². The molecule has 2 N–H and O–H groups in total. The van der Waals surface area contributed by atoms with Crippen molar-refractivity contribution in [3.05, 3.63) is 47.8 Å². The summed E-state index contributed by atoms with van der Waals surface area (Å²) in [7, 11) is 0. The number of carbonyl (C=O) groups excluding carboxylic acids is 1. The Labute approximate surface area is 131 Å². The van der Waals surface area contributed by atoms with Crippen molar-refractivity contribution in [2.24, 2.45) is 0 Å². The first-order valence-electron chi connectivity index (χ1n) is 7.63. The number of anilines is 2. The fourth-order valence-corrected chi connectivity index (χ4v) is 1.95. The van der Waals surface area contributed by atoms with E-state index in [-0.39, 0.29) is 5.91 Å². The van der Waals surface area contributed by atoms with Gasteiger partial charge in [-0.15, -0.1) is 0 Å². The summed E-state index contributed by atoms with van der Waals surface area (Å²) in [6.07, 6.45) is 6.54. The van der Waals surface area contributed by atoms with Crippen LogP contribution in [0, 0.1) is 6.92 Å². The van der Waals surface area contributed by atoms with E-state index in [1.165, 1.54) is 12.8 Å². The number of rotatable bonds is 7. The molecule has 2 aromatic rings. The average molecular weight is 298 g/mol. The molecule has 0 aliphatic rings. The van der Waals surface area contributed by atoms with Crippen LogP contribution in [0.25, 0.3) is 0 Å². The minimum absolute atomic E-state index is 0.207. The first-order chi connectivity index (χ1) is 10.7. The Bertz CT molecular complexity index is 593. The Hall–Kier alpha value is -2.43. The third-order valence-electron chi connectivity index (χ3n) is 3.29. The molecule has 0 saturated heterocycles. The molecular weight excluding hydrogens is 276 g/mol. The third kappa shape index (κ3) is 4.84. The number of aryl methyl sites for hydroxylation is 1. The number of aromatic nitrogens is 2. The largest absolute Gasteiger partial charge is 0.354 e. The maximum atomic E-state index is 12.1. The summed E-state index contributed by atoms with van der Waals surface area (Å²) in [6.45, 7) is 5.02. The number of nitrogens with one attached hydrogen (secondary N) is 2. The van der Waals surface area contributed by atoms with Crippen LogP contribution in [-0.4, -0.2) is 22.4 Å². The standard InChI is InChI=1S/C17H22N4O/c1-3-4-5-10-18-17-19-11-14(12-20-17)16(22)21-15-8-6-13(2)7-9-15/h6-9,11-12H,3-5,10H2,1-2H3,(H,21,22)(H,18,19,20). The minimum Gasteiger partial charge on any atom is -0.354 e. The van der Waals surface area contributed by atoms with Gasteiger partial charge in [-0.3, -0.25) is 4.79 Å². The van der Waals surface area contributed by atoms with E-state index in [1.54, 1.807) is 12.4 Å². The number of amides is 1. The summed E-state index contributed by atoms with van der Waals surface area (Å²) in [4.78, 5) is 20.4. The summed E-state index contributed by atoms with van der Waals surface area (Å²) < 4.78 is 0. The summed E-state index contributed by atoms with van der Waals surface area (Å²) in [5.41, 5.74) is 2.36. The molecule has 116 valence electrons. The fraction of sp³-hybridized carbons (Fsp3) is 0.353. The highest BCUT2D eigenvalue weighted by molar-refractivity contribution is 6.03. The van der Waals surface area contributed by atoms with Crippen LogP contribution in [-0.2, 0) is 0 Å².